The lowest BCUT2D eigenvalue weighted by atomic mass is 9.93. The molecule has 1 saturated heterocycles. The van der Waals surface area contributed by atoms with Crippen LogP contribution in [0, 0.1) is 5.92 Å². The van der Waals surface area contributed by atoms with Gasteiger partial charge in [0.1, 0.15) is 6.04 Å². The number of fused-ring (bicyclic) bond motifs is 1. The Kier molecular flexibility index (Phi) is 5.73. The number of hydrogen-bond donors (Lipinski definition) is 2. The zero-order chi connectivity index (χ0) is 19.4. The average molecular weight is 373 g/mol. The molecule has 2 aliphatic heterocycles. The minimum atomic E-state index is -0.912. The molecule has 3 amide bonds. The van der Waals surface area contributed by atoms with Gasteiger partial charge in [0, 0.05) is 19.5 Å². The molecule has 0 aliphatic carbocycles. The second kappa shape index (κ2) is 8.20. The van der Waals surface area contributed by atoms with E-state index >= 15 is 0 Å². The Hall–Kier alpha value is -2.90. The van der Waals surface area contributed by atoms with E-state index in [1.54, 1.807) is 29.2 Å². The summed E-state index contributed by atoms with van der Waals surface area (Å²) in [5.41, 5.74) is 0.822. The maximum atomic E-state index is 12.6. The second-order valence-electron chi connectivity index (χ2n) is 6.87. The van der Waals surface area contributed by atoms with Gasteiger partial charge in [0.2, 0.25) is 11.8 Å². The van der Waals surface area contributed by atoms with Crippen LogP contribution in [0.4, 0.5) is 5.69 Å². The van der Waals surface area contributed by atoms with Gasteiger partial charge in [-0.3, -0.25) is 19.2 Å². The molecule has 8 nitrogen and oxygen atoms in total. The number of carbonyl (C=O) groups excluding carboxylic acids is 4. The molecule has 2 N–H and O–H groups in total. The van der Waals surface area contributed by atoms with Gasteiger partial charge in [-0.1, -0.05) is 12.1 Å². The SMILES string of the molecule is COC(=O)CC1CCN(C(=O)C[C@H]2NC(=O)c3ccccc3NC2=O)CC1. The monoisotopic (exact) mass is 373 g/mol. The molecular formula is C19H23N3O5. The molecule has 0 radical (unpaired) electrons. The summed E-state index contributed by atoms with van der Waals surface area (Å²) in [5, 5.41) is 5.34. The first-order chi connectivity index (χ1) is 13.0. The second-order valence-corrected chi connectivity index (χ2v) is 6.87. The van der Waals surface area contributed by atoms with Crippen molar-refractivity contribution in [2.75, 3.05) is 25.5 Å². The molecule has 1 fully saturated rings. The third-order valence-corrected chi connectivity index (χ3v) is 5.08. The molecule has 0 saturated carbocycles. The van der Waals surface area contributed by atoms with E-state index in [1.165, 1.54) is 7.11 Å². The summed E-state index contributed by atoms with van der Waals surface area (Å²) in [6.07, 6.45) is 1.70. The molecular weight excluding hydrogens is 350 g/mol. The average Bonchev–Trinajstić information content (AvgIpc) is 2.79. The molecule has 0 bridgehead atoms. The molecule has 0 spiro atoms. The van der Waals surface area contributed by atoms with Crippen LogP contribution in [0.2, 0.25) is 0 Å². The van der Waals surface area contributed by atoms with Crippen LogP contribution in [-0.2, 0) is 19.1 Å². The topological polar surface area (TPSA) is 105 Å². The molecule has 0 aromatic heterocycles. The third-order valence-electron chi connectivity index (χ3n) is 5.08. The number of benzene rings is 1. The Balaban J connectivity index is 1.56. The highest BCUT2D eigenvalue weighted by Gasteiger charge is 2.32. The van der Waals surface area contributed by atoms with E-state index < -0.39 is 11.9 Å². The zero-order valence-corrected chi connectivity index (χ0v) is 15.2. The number of esters is 1. The lowest BCUT2D eigenvalue weighted by molar-refractivity contribution is -0.142. The molecule has 144 valence electrons. The number of ether oxygens (including phenoxy) is 1. The van der Waals surface area contributed by atoms with Crippen molar-refractivity contribution in [2.45, 2.75) is 31.7 Å². The van der Waals surface area contributed by atoms with E-state index in [0.29, 0.717) is 30.8 Å². The summed E-state index contributed by atoms with van der Waals surface area (Å²) in [7, 11) is 1.37. The predicted molar refractivity (Wildman–Crippen MR) is 96.9 cm³/mol. The standard InChI is InChI=1S/C19H23N3O5/c1-27-17(24)10-12-6-8-22(9-7-12)16(23)11-15-19(26)20-14-5-3-2-4-13(14)18(25)21-15/h2-5,12,15H,6-11H2,1H3,(H,20,26)(H,21,25)/t15-/m1/s1. The summed E-state index contributed by atoms with van der Waals surface area (Å²) in [5.74, 6) is -0.993. The first kappa shape index (κ1) is 18.9. The number of amides is 3. The van der Waals surface area contributed by atoms with Gasteiger partial charge in [0.25, 0.3) is 5.91 Å². The normalized spacial score (nSPS) is 20.2. The Bertz CT molecular complexity index is 755. The van der Waals surface area contributed by atoms with Crippen molar-refractivity contribution in [3.63, 3.8) is 0 Å². The summed E-state index contributed by atoms with van der Waals surface area (Å²) in [6, 6.07) is 5.82. The number of methoxy groups -OCH3 is 1. The van der Waals surface area contributed by atoms with Crippen molar-refractivity contribution in [3.05, 3.63) is 29.8 Å². The van der Waals surface area contributed by atoms with Crippen molar-refractivity contribution >= 4 is 29.4 Å². The lowest BCUT2D eigenvalue weighted by Crippen LogP contribution is -2.47. The molecule has 2 heterocycles. The Labute approximate surface area is 157 Å². The van der Waals surface area contributed by atoms with Crippen molar-refractivity contribution in [2.24, 2.45) is 5.92 Å². The van der Waals surface area contributed by atoms with Crippen LogP contribution in [0.25, 0.3) is 0 Å². The number of likely N-dealkylation sites (tertiary alicyclic amines) is 1. The zero-order valence-electron chi connectivity index (χ0n) is 15.2. The number of para-hydroxylation sites is 1. The third kappa shape index (κ3) is 4.45. The quantitative estimate of drug-likeness (QED) is 0.764. The highest BCUT2D eigenvalue weighted by Crippen LogP contribution is 2.23. The smallest absolute Gasteiger partial charge is 0.305 e. The number of hydrogen-bond acceptors (Lipinski definition) is 5. The maximum Gasteiger partial charge on any atom is 0.305 e. The van der Waals surface area contributed by atoms with E-state index in [0.717, 1.165) is 12.8 Å². The minimum Gasteiger partial charge on any atom is -0.469 e. The lowest BCUT2D eigenvalue weighted by Gasteiger charge is -2.32. The van der Waals surface area contributed by atoms with Gasteiger partial charge in [0.05, 0.1) is 24.8 Å². The highest BCUT2D eigenvalue weighted by molar-refractivity contribution is 6.10. The van der Waals surface area contributed by atoms with Crippen LogP contribution in [0.3, 0.4) is 0 Å². The molecule has 8 heteroatoms. The van der Waals surface area contributed by atoms with Crippen LogP contribution in [-0.4, -0.2) is 54.8 Å². The number of rotatable bonds is 4. The van der Waals surface area contributed by atoms with Crippen LogP contribution in [0.5, 0.6) is 0 Å². The summed E-state index contributed by atoms with van der Waals surface area (Å²) < 4.78 is 4.68. The van der Waals surface area contributed by atoms with Gasteiger partial charge < -0.3 is 20.3 Å². The Morgan fingerprint density at radius 2 is 1.85 bits per heavy atom. The molecule has 1 atom stereocenters. The van der Waals surface area contributed by atoms with Crippen molar-refractivity contribution in [3.8, 4) is 0 Å². The van der Waals surface area contributed by atoms with Gasteiger partial charge in [-0.2, -0.15) is 0 Å². The molecule has 0 unspecified atom stereocenters. The van der Waals surface area contributed by atoms with Crippen LogP contribution in [0.15, 0.2) is 24.3 Å². The van der Waals surface area contributed by atoms with Crippen LogP contribution < -0.4 is 10.6 Å². The fourth-order valence-corrected chi connectivity index (χ4v) is 3.46. The molecule has 27 heavy (non-hydrogen) atoms. The van der Waals surface area contributed by atoms with Crippen molar-refractivity contribution in [1.82, 2.24) is 10.2 Å². The van der Waals surface area contributed by atoms with E-state index in [-0.39, 0.29) is 30.1 Å². The summed E-state index contributed by atoms with van der Waals surface area (Å²) in [4.78, 5) is 50.4. The Morgan fingerprint density at radius 3 is 2.56 bits per heavy atom. The van der Waals surface area contributed by atoms with Crippen molar-refractivity contribution in [1.29, 1.82) is 0 Å². The molecule has 1 aromatic carbocycles. The first-order valence-electron chi connectivity index (χ1n) is 9.03. The minimum absolute atomic E-state index is 0.0900. The van der Waals surface area contributed by atoms with E-state index in [4.69, 9.17) is 0 Å². The fourth-order valence-electron chi connectivity index (χ4n) is 3.46. The number of carbonyl (C=O) groups is 4. The van der Waals surface area contributed by atoms with Gasteiger partial charge in [-0.15, -0.1) is 0 Å². The molecule has 2 aliphatic rings. The number of piperidine rings is 1. The molecule has 1 aromatic rings. The van der Waals surface area contributed by atoms with Crippen LogP contribution in [0.1, 0.15) is 36.0 Å². The largest absolute Gasteiger partial charge is 0.469 e. The number of anilines is 1. The van der Waals surface area contributed by atoms with E-state index in [9.17, 15) is 19.2 Å². The van der Waals surface area contributed by atoms with Crippen molar-refractivity contribution < 1.29 is 23.9 Å². The maximum absolute atomic E-state index is 12.6. The van der Waals surface area contributed by atoms with Crippen LogP contribution >= 0.6 is 0 Å². The van der Waals surface area contributed by atoms with Gasteiger partial charge in [-0.25, -0.2) is 0 Å². The first-order valence-corrected chi connectivity index (χ1v) is 9.03. The summed E-state index contributed by atoms with van der Waals surface area (Å²) >= 11 is 0. The van der Waals surface area contributed by atoms with Gasteiger partial charge in [-0.05, 0) is 30.9 Å². The Morgan fingerprint density at radius 1 is 1.15 bits per heavy atom. The predicted octanol–water partition coefficient (Wildman–Crippen LogP) is 0.929. The van der Waals surface area contributed by atoms with Gasteiger partial charge in [0.15, 0.2) is 0 Å². The fraction of sp³-hybridized carbons (Fsp3) is 0.474. The number of nitrogens with zero attached hydrogens (tertiary/aromatic N) is 1. The van der Waals surface area contributed by atoms with Gasteiger partial charge >= 0.3 is 5.97 Å². The highest BCUT2D eigenvalue weighted by atomic mass is 16.5. The van der Waals surface area contributed by atoms with E-state index in [1.807, 2.05) is 0 Å². The number of nitrogens with one attached hydrogen (secondary N) is 2. The molecule has 3 rings (SSSR count). The summed E-state index contributed by atoms with van der Waals surface area (Å²) in [6.45, 7) is 1.06. The van der Waals surface area contributed by atoms with E-state index in [2.05, 4.69) is 15.4 Å².